The molecule has 2 aromatic carbocycles. The molecule has 0 bridgehead atoms. The summed E-state index contributed by atoms with van der Waals surface area (Å²) in [5.74, 6) is -1.92. The van der Waals surface area contributed by atoms with Gasteiger partial charge in [-0.15, -0.1) is 0 Å². The van der Waals surface area contributed by atoms with Crippen LogP contribution in [0.25, 0.3) is 0 Å². The normalized spacial score (nSPS) is 22.4. The van der Waals surface area contributed by atoms with E-state index in [9.17, 15) is 22.0 Å². The number of amides is 1. The number of sulfonamides is 1. The molecule has 1 aliphatic heterocycles. The van der Waals surface area contributed by atoms with Crippen molar-refractivity contribution >= 4 is 15.9 Å². The third kappa shape index (κ3) is 5.51. The number of nitrogens with zero attached hydrogens (tertiary/aromatic N) is 2. The summed E-state index contributed by atoms with van der Waals surface area (Å²) in [7, 11) is -4.11. The highest BCUT2D eigenvalue weighted by molar-refractivity contribution is 7.89. The lowest BCUT2D eigenvalue weighted by molar-refractivity contribution is 0.0636. The van der Waals surface area contributed by atoms with Gasteiger partial charge in [-0.1, -0.05) is 25.5 Å². The molecule has 2 atom stereocenters. The van der Waals surface area contributed by atoms with Crippen LogP contribution in [0.3, 0.4) is 0 Å². The van der Waals surface area contributed by atoms with Gasteiger partial charge >= 0.3 is 0 Å². The van der Waals surface area contributed by atoms with Crippen molar-refractivity contribution in [3.8, 4) is 5.75 Å². The maximum Gasteiger partial charge on any atom is 0.257 e. The minimum atomic E-state index is -4.11. The number of halogens is 2. The Balaban J connectivity index is 1.75. The molecule has 0 N–H and O–H groups in total. The molecule has 0 saturated heterocycles. The van der Waals surface area contributed by atoms with Crippen LogP contribution in [0.2, 0.25) is 0 Å². The van der Waals surface area contributed by atoms with Crippen LogP contribution in [0.4, 0.5) is 8.78 Å². The lowest BCUT2D eigenvalue weighted by Gasteiger charge is -2.40. The topological polar surface area (TPSA) is 66.9 Å². The molecule has 190 valence electrons. The van der Waals surface area contributed by atoms with E-state index in [1.54, 1.807) is 29.2 Å². The Morgan fingerprint density at radius 2 is 1.71 bits per heavy atom. The van der Waals surface area contributed by atoms with Crippen LogP contribution in [0.5, 0.6) is 5.75 Å². The number of rotatable bonds is 4. The van der Waals surface area contributed by atoms with Crippen molar-refractivity contribution in [3.05, 3.63) is 59.7 Å². The highest BCUT2D eigenvalue weighted by Gasteiger charge is 2.39. The summed E-state index contributed by atoms with van der Waals surface area (Å²) in [5, 5.41) is 0. The summed E-state index contributed by atoms with van der Waals surface area (Å²) >= 11 is 0. The minimum absolute atomic E-state index is 0.0818. The molecule has 1 heterocycles. The largest absolute Gasteiger partial charge is 0.488 e. The number of para-hydroxylation sites is 1. The second-order valence-corrected chi connectivity index (χ2v) is 11.1. The summed E-state index contributed by atoms with van der Waals surface area (Å²) in [4.78, 5) is 14.9. The van der Waals surface area contributed by atoms with E-state index in [1.165, 1.54) is 4.31 Å². The summed E-state index contributed by atoms with van der Waals surface area (Å²) in [5.41, 5.74) is 0.473. The van der Waals surface area contributed by atoms with Crippen molar-refractivity contribution in [1.29, 1.82) is 0 Å². The molecule has 9 heteroatoms. The molecule has 35 heavy (non-hydrogen) atoms. The van der Waals surface area contributed by atoms with E-state index < -0.39 is 33.8 Å². The number of hydrogen-bond donors (Lipinski definition) is 0. The van der Waals surface area contributed by atoms with Gasteiger partial charge in [-0.3, -0.25) is 4.79 Å². The number of carbonyl (C=O) groups is 1. The Labute approximate surface area is 205 Å². The quantitative estimate of drug-likeness (QED) is 0.586. The van der Waals surface area contributed by atoms with Crippen LogP contribution in [0, 0.1) is 11.6 Å². The lowest BCUT2D eigenvalue weighted by atomic mass is 9.92. The van der Waals surface area contributed by atoms with Crippen LogP contribution >= 0.6 is 0 Å². The van der Waals surface area contributed by atoms with Crippen molar-refractivity contribution < 1.29 is 26.7 Å². The van der Waals surface area contributed by atoms with Gasteiger partial charge < -0.3 is 9.64 Å². The molecule has 2 aliphatic rings. The van der Waals surface area contributed by atoms with Gasteiger partial charge in [-0.05, 0) is 68.9 Å². The molecule has 2 aromatic rings. The van der Waals surface area contributed by atoms with Crippen LogP contribution < -0.4 is 4.74 Å². The molecule has 0 aromatic heterocycles. The molecular weight excluding hydrogens is 474 g/mol. The number of carbonyl (C=O) groups excluding carboxylic acids is 1. The zero-order chi connectivity index (χ0) is 25.0. The van der Waals surface area contributed by atoms with E-state index in [4.69, 9.17) is 4.74 Å². The molecule has 1 amide bonds. The fourth-order valence-corrected chi connectivity index (χ4v) is 6.75. The molecule has 1 saturated carbocycles. The zero-order valence-corrected chi connectivity index (χ0v) is 20.8. The first-order valence-electron chi connectivity index (χ1n) is 12.3. The molecule has 4 rings (SSSR count). The lowest BCUT2D eigenvalue weighted by Crippen LogP contribution is -2.51. The fourth-order valence-electron chi connectivity index (χ4n) is 5.02. The van der Waals surface area contributed by atoms with E-state index >= 15 is 0 Å². The van der Waals surface area contributed by atoms with E-state index in [0.717, 1.165) is 37.5 Å². The van der Waals surface area contributed by atoms with E-state index in [1.807, 2.05) is 6.92 Å². The average Bonchev–Trinajstić information content (AvgIpc) is 2.84. The molecule has 1 fully saturated rings. The summed E-state index contributed by atoms with van der Waals surface area (Å²) in [6.07, 6.45) is 4.42. The van der Waals surface area contributed by atoms with Crippen LogP contribution in [-0.4, -0.2) is 55.3 Å². The third-order valence-corrected chi connectivity index (χ3v) is 8.69. The van der Waals surface area contributed by atoms with Gasteiger partial charge in [0.1, 0.15) is 11.9 Å². The Kier molecular flexibility index (Phi) is 8.06. The first-order chi connectivity index (χ1) is 16.8. The highest BCUT2D eigenvalue weighted by Crippen LogP contribution is 2.33. The van der Waals surface area contributed by atoms with Gasteiger partial charge in [0.2, 0.25) is 10.0 Å². The van der Waals surface area contributed by atoms with Crippen LogP contribution in [0.15, 0.2) is 47.4 Å². The van der Waals surface area contributed by atoms with Gasteiger partial charge in [0, 0.05) is 19.6 Å². The maximum atomic E-state index is 14.0. The minimum Gasteiger partial charge on any atom is -0.488 e. The van der Waals surface area contributed by atoms with Crippen molar-refractivity contribution in [2.75, 3.05) is 19.6 Å². The van der Waals surface area contributed by atoms with Gasteiger partial charge in [-0.25, -0.2) is 17.2 Å². The van der Waals surface area contributed by atoms with Gasteiger partial charge in [0.05, 0.1) is 16.5 Å². The van der Waals surface area contributed by atoms with Gasteiger partial charge in [-0.2, -0.15) is 4.31 Å². The van der Waals surface area contributed by atoms with Gasteiger partial charge in [0.25, 0.3) is 5.91 Å². The Morgan fingerprint density at radius 3 is 2.49 bits per heavy atom. The molecule has 0 radical (unpaired) electrons. The molecule has 0 unspecified atom stereocenters. The monoisotopic (exact) mass is 506 g/mol. The van der Waals surface area contributed by atoms with E-state index in [0.29, 0.717) is 50.1 Å². The first kappa shape index (κ1) is 25.6. The van der Waals surface area contributed by atoms with Crippen molar-refractivity contribution in [3.63, 3.8) is 0 Å². The Hall–Kier alpha value is -2.52. The second kappa shape index (κ2) is 11.0. The molecule has 6 nitrogen and oxygen atoms in total. The number of hydrogen-bond acceptors (Lipinski definition) is 4. The predicted octanol–water partition coefficient (Wildman–Crippen LogP) is 4.99. The van der Waals surface area contributed by atoms with E-state index in [-0.39, 0.29) is 17.3 Å². The highest BCUT2D eigenvalue weighted by atomic mass is 32.2. The van der Waals surface area contributed by atoms with Crippen molar-refractivity contribution in [1.82, 2.24) is 9.21 Å². The average molecular weight is 507 g/mol. The van der Waals surface area contributed by atoms with Gasteiger partial charge in [0.15, 0.2) is 11.6 Å². The molecular formula is C26H32F2N2O4S. The number of ether oxygens (including phenoxy) is 1. The maximum absolute atomic E-state index is 14.0. The second-order valence-electron chi connectivity index (χ2n) is 9.20. The van der Waals surface area contributed by atoms with Crippen molar-refractivity contribution in [2.45, 2.75) is 68.9 Å². The van der Waals surface area contributed by atoms with Crippen molar-refractivity contribution in [2.24, 2.45) is 0 Å². The predicted molar refractivity (Wildman–Crippen MR) is 129 cm³/mol. The Bertz CT molecular complexity index is 1160. The summed E-state index contributed by atoms with van der Waals surface area (Å²) < 4.78 is 62.7. The third-order valence-electron chi connectivity index (χ3n) is 6.77. The number of fused-ring (bicyclic) bond motifs is 2. The SMILES string of the molecule is CCCN1CCCCN(S(=O)(=O)c2ccc(F)c(F)c2)[C@@H]2CCCC[C@@H]2Oc2ccccc2C1=O. The summed E-state index contributed by atoms with van der Waals surface area (Å²) in [6.45, 7) is 3.31. The smallest absolute Gasteiger partial charge is 0.257 e. The summed E-state index contributed by atoms with van der Waals surface area (Å²) in [6, 6.07) is 9.33. The molecule has 0 spiro atoms. The zero-order valence-electron chi connectivity index (χ0n) is 20.0. The van der Waals surface area contributed by atoms with E-state index in [2.05, 4.69) is 0 Å². The standard InChI is InChI=1S/C26H32F2N2O4S/c1-2-15-29-16-7-8-17-30(35(32,33)19-13-14-21(27)22(28)18-19)23-10-4-6-12-25(23)34-24-11-5-3-9-20(24)26(29)31/h3,5,9,11,13-14,18,23,25H,2,4,6-8,10,12,15-17H2,1H3/t23-,25+/m1/s1. The Morgan fingerprint density at radius 1 is 0.971 bits per heavy atom. The van der Waals surface area contributed by atoms with Crippen LogP contribution in [-0.2, 0) is 10.0 Å². The number of benzene rings is 2. The fraction of sp³-hybridized carbons (Fsp3) is 0.500. The molecule has 1 aliphatic carbocycles. The van der Waals surface area contributed by atoms with Crippen LogP contribution in [0.1, 0.15) is 62.2 Å². The first-order valence-corrected chi connectivity index (χ1v) is 13.8.